The molecule has 4 heterocycles. The van der Waals surface area contributed by atoms with E-state index in [0.29, 0.717) is 5.56 Å². The number of aliphatic carboxylic acids is 1. The van der Waals surface area contributed by atoms with E-state index in [4.69, 9.17) is 47.4 Å². The molecule has 0 aromatic heterocycles. The summed E-state index contributed by atoms with van der Waals surface area (Å²) in [6.45, 7) is -0.153. The molecule has 3 fully saturated rings. The van der Waals surface area contributed by atoms with Crippen LogP contribution in [-0.2, 0) is 42.8 Å². The number of phenolic OH excluding ortho intramolecular Hbond substituents is 2. The van der Waals surface area contributed by atoms with Crippen LogP contribution in [0.15, 0.2) is 82.0 Å². The zero-order chi connectivity index (χ0) is 49.8. The van der Waals surface area contributed by atoms with Gasteiger partial charge in [0.15, 0.2) is 29.3 Å². The van der Waals surface area contributed by atoms with E-state index in [-0.39, 0.29) is 39.9 Å². The van der Waals surface area contributed by atoms with Crippen molar-refractivity contribution in [3.63, 3.8) is 0 Å². The van der Waals surface area contributed by atoms with Crippen LogP contribution in [0.4, 0.5) is 0 Å². The number of aliphatic hydroxyl groups is 8. The Morgan fingerprint density at radius 3 is 1.88 bits per heavy atom. The van der Waals surface area contributed by atoms with E-state index in [9.17, 15) is 70.2 Å². The van der Waals surface area contributed by atoms with Crippen molar-refractivity contribution >= 4 is 24.0 Å². The lowest BCUT2D eigenvalue weighted by Gasteiger charge is -2.45. The number of hydrogen-bond donors (Lipinski definition) is 11. The number of carboxylic acid groups (broad SMARTS) is 1. The fourth-order valence-electron chi connectivity index (χ4n) is 7.44. The van der Waals surface area contributed by atoms with Gasteiger partial charge in [0.25, 0.3) is 0 Å². The molecule has 11 N–H and O–H groups in total. The van der Waals surface area contributed by atoms with Crippen molar-refractivity contribution in [1.82, 2.24) is 0 Å². The first-order valence-corrected chi connectivity index (χ1v) is 21.1. The number of esters is 2. The van der Waals surface area contributed by atoms with Crippen molar-refractivity contribution in [1.29, 1.82) is 0 Å². The van der Waals surface area contributed by atoms with Gasteiger partial charge >= 0.3 is 17.9 Å². The van der Waals surface area contributed by atoms with Crippen LogP contribution < -0.4 is 14.9 Å². The standard InChI is InChI=1S/C45H48O24/c1-18-33(53)36(56)39(59)43(63-18)69-42-38(58)35(55)29(16-61-31(51)11-4-19-2-7-21(46)8-3-19)68-45(42)66-27-14-24-25(64-41(27)20-5-9-22(47)10-6-20)12-23(48)13-26(24)65-44-40(60)37(57)34(54)28(67-44)17-62-32(52)15-30(49)50/h2-14,18,28-29,33-40,42-47,53-60H,15-17H2,1H3,(H,49,50)/t18-,28+,29+,33-,34+,35+,36+,37-,38-,39+,40+,42+,43-,44+,45+/m0/s1. The summed E-state index contributed by atoms with van der Waals surface area (Å²) in [5, 5.41) is 115. The lowest BCUT2D eigenvalue weighted by molar-refractivity contribution is -0.354. The van der Waals surface area contributed by atoms with Gasteiger partial charge in [0.1, 0.15) is 104 Å². The minimum Gasteiger partial charge on any atom is -0.508 e. The maximum Gasteiger partial charge on any atom is 0.330 e. The van der Waals surface area contributed by atoms with Gasteiger partial charge in [-0.2, -0.15) is 0 Å². The first kappa shape index (κ1) is 50.6. The van der Waals surface area contributed by atoms with Gasteiger partial charge < -0.3 is 98.5 Å². The maximum atomic E-state index is 13.1. The van der Waals surface area contributed by atoms with Crippen LogP contribution in [0.2, 0.25) is 0 Å². The minimum absolute atomic E-state index is 0.00790. The number of ether oxygens (including phenoxy) is 8. The lowest BCUT2D eigenvalue weighted by Crippen LogP contribution is -2.64. The van der Waals surface area contributed by atoms with E-state index in [1.807, 2.05) is 0 Å². The Labute approximate surface area is 389 Å². The Hall–Kier alpha value is -6.26. The fourth-order valence-corrected chi connectivity index (χ4v) is 7.44. The molecule has 69 heavy (non-hydrogen) atoms. The van der Waals surface area contributed by atoms with Crippen molar-refractivity contribution < 1.29 is 113 Å². The quantitative estimate of drug-likeness (QED) is 0.0360. The molecule has 24 heteroatoms. The second-order valence-corrected chi connectivity index (χ2v) is 16.2. The van der Waals surface area contributed by atoms with Crippen molar-refractivity contribution in [3.05, 3.63) is 88.6 Å². The fraction of sp³-hybridized carbons (Fsp3) is 0.422. The van der Waals surface area contributed by atoms with Crippen LogP contribution in [-0.4, -0.2) is 179 Å². The summed E-state index contributed by atoms with van der Waals surface area (Å²) in [7, 11) is 0. The second-order valence-electron chi connectivity index (χ2n) is 16.2. The average Bonchev–Trinajstić information content (AvgIpc) is 3.31. The number of carbonyl (C=O) groups excluding carboxylic acids is 2. The van der Waals surface area contributed by atoms with E-state index in [0.717, 1.165) is 18.2 Å². The molecule has 2 aromatic rings. The zero-order valence-electron chi connectivity index (χ0n) is 36.0. The van der Waals surface area contributed by atoms with Crippen molar-refractivity contribution in [2.45, 2.75) is 105 Å². The van der Waals surface area contributed by atoms with Crippen molar-refractivity contribution in [2.24, 2.45) is 0 Å². The molecule has 15 atom stereocenters. The van der Waals surface area contributed by atoms with Crippen LogP contribution in [0.25, 0.3) is 28.7 Å². The zero-order valence-corrected chi connectivity index (χ0v) is 36.0. The molecule has 0 spiro atoms. The molecule has 0 saturated carbocycles. The highest BCUT2D eigenvalue weighted by molar-refractivity contribution is 5.90. The molecule has 5 aliphatic rings. The van der Waals surface area contributed by atoms with Crippen LogP contribution in [0, 0.1) is 0 Å². The summed E-state index contributed by atoms with van der Waals surface area (Å²) in [6, 6.07) is 14.3. The number of benzene rings is 3. The SMILES string of the molecule is C[C@@H]1O[C@@H](O[C@H]2[C@H](Oc3cc4c(O[C@@H]5O[C@H](COC(=O)CC(=O)O)[C@@H](O)[C@H](O)[C@H]5O)cc(=O)cc-4oc3-c3ccc(O)cc3)O[C@H](COC(=O)C=Cc3ccc(O)cc3)[C@@H](O)[C@@H]2O)[C@H](O)[C@H](O)[C@H]1O. The van der Waals surface area contributed by atoms with Gasteiger partial charge in [-0.25, -0.2) is 4.79 Å². The number of hydrogen-bond acceptors (Lipinski definition) is 23. The van der Waals surface area contributed by atoms with Crippen molar-refractivity contribution in [2.75, 3.05) is 13.2 Å². The van der Waals surface area contributed by atoms with Gasteiger partial charge in [0.05, 0.1) is 11.7 Å². The number of carbonyl (C=O) groups is 3. The molecule has 372 valence electrons. The summed E-state index contributed by atoms with van der Waals surface area (Å²) in [5.74, 6) is -4.96. The van der Waals surface area contributed by atoms with E-state index in [1.165, 1.54) is 67.6 Å². The van der Waals surface area contributed by atoms with Crippen molar-refractivity contribution in [3.8, 4) is 45.6 Å². The molecule has 2 aromatic carbocycles. The van der Waals surface area contributed by atoms with E-state index in [2.05, 4.69) is 0 Å². The Balaban J connectivity index is 1.24. The molecule has 0 bridgehead atoms. The third kappa shape index (κ3) is 11.8. The van der Waals surface area contributed by atoms with Crippen LogP contribution >= 0.6 is 0 Å². The highest BCUT2D eigenvalue weighted by atomic mass is 16.8. The first-order chi connectivity index (χ1) is 32.8. The van der Waals surface area contributed by atoms with E-state index in [1.54, 1.807) is 0 Å². The summed E-state index contributed by atoms with van der Waals surface area (Å²) in [6.07, 6.45) is -25.5. The summed E-state index contributed by atoms with van der Waals surface area (Å²) in [5.41, 5.74) is -0.152. The molecule has 0 unspecified atom stereocenters. The van der Waals surface area contributed by atoms with E-state index >= 15 is 0 Å². The molecule has 7 rings (SSSR count). The number of aromatic hydroxyl groups is 2. The van der Waals surface area contributed by atoms with Gasteiger partial charge in [-0.15, -0.1) is 0 Å². The molecular formula is C45H48O24. The topological polar surface area (TPSA) is 378 Å². The molecule has 0 amide bonds. The number of rotatable bonds is 15. The number of phenols is 2. The van der Waals surface area contributed by atoms with Gasteiger partial charge in [-0.05, 0) is 61.0 Å². The van der Waals surface area contributed by atoms with Crippen LogP contribution in [0.3, 0.4) is 0 Å². The molecular weight excluding hydrogens is 924 g/mol. The Kier molecular flexibility index (Phi) is 15.8. The van der Waals surface area contributed by atoms with Gasteiger partial charge in [-0.3, -0.25) is 14.4 Å². The lowest BCUT2D eigenvalue weighted by atomic mass is 9.97. The largest absolute Gasteiger partial charge is 0.508 e. The summed E-state index contributed by atoms with van der Waals surface area (Å²) in [4.78, 5) is 48.8. The molecule has 0 radical (unpaired) electrons. The number of aliphatic hydroxyl groups excluding tert-OH is 8. The minimum atomic E-state index is -2.02. The Bertz CT molecular complexity index is 2470. The third-order valence-electron chi connectivity index (χ3n) is 11.2. The van der Waals surface area contributed by atoms with Crippen LogP contribution in [0.1, 0.15) is 18.9 Å². The predicted octanol–water partition coefficient (Wildman–Crippen LogP) is -1.68. The summed E-state index contributed by atoms with van der Waals surface area (Å²) >= 11 is 0. The molecule has 3 saturated heterocycles. The average molecular weight is 973 g/mol. The Morgan fingerprint density at radius 2 is 1.22 bits per heavy atom. The normalized spacial score (nSPS) is 31.5. The summed E-state index contributed by atoms with van der Waals surface area (Å²) < 4.78 is 51.9. The number of fused-ring (bicyclic) bond motifs is 1. The van der Waals surface area contributed by atoms with Gasteiger partial charge in [0, 0.05) is 23.8 Å². The predicted molar refractivity (Wildman–Crippen MR) is 226 cm³/mol. The highest BCUT2D eigenvalue weighted by Gasteiger charge is 2.52. The molecule has 4 aliphatic heterocycles. The highest BCUT2D eigenvalue weighted by Crippen LogP contribution is 2.43. The van der Waals surface area contributed by atoms with Gasteiger partial charge in [-0.1, -0.05) is 12.1 Å². The third-order valence-corrected chi connectivity index (χ3v) is 11.2. The molecule has 24 nitrogen and oxygen atoms in total. The van der Waals surface area contributed by atoms with E-state index < -0.39 is 141 Å². The van der Waals surface area contributed by atoms with Gasteiger partial charge in [0.2, 0.25) is 12.6 Å². The Morgan fingerprint density at radius 1 is 0.638 bits per heavy atom. The van der Waals surface area contributed by atoms with Crippen LogP contribution in [0.5, 0.6) is 23.0 Å². The second kappa shape index (κ2) is 21.6. The monoisotopic (exact) mass is 972 g/mol. The smallest absolute Gasteiger partial charge is 0.330 e. The molecule has 1 aliphatic carbocycles. The maximum absolute atomic E-state index is 13.1. The number of carboxylic acids is 1. The first-order valence-electron chi connectivity index (χ1n) is 21.1.